The van der Waals surface area contributed by atoms with E-state index in [1.807, 2.05) is 32.3 Å². The van der Waals surface area contributed by atoms with E-state index in [0.717, 1.165) is 30.2 Å². The first-order valence-electron chi connectivity index (χ1n) is 8.34. The van der Waals surface area contributed by atoms with E-state index in [4.69, 9.17) is 0 Å². The second-order valence-electron chi connectivity index (χ2n) is 5.87. The zero-order chi connectivity index (χ0) is 17.6. The van der Waals surface area contributed by atoms with Gasteiger partial charge in [-0.2, -0.15) is 0 Å². The minimum atomic E-state index is 0. The van der Waals surface area contributed by atoms with Gasteiger partial charge in [0.2, 0.25) is 11.5 Å². The molecule has 0 bridgehead atoms. The van der Waals surface area contributed by atoms with Gasteiger partial charge in [0, 0.05) is 23.3 Å². The summed E-state index contributed by atoms with van der Waals surface area (Å²) in [5.74, 6) is 0. The van der Waals surface area contributed by atoms with Gasteiger partial charge in [0.15, 0.2) is 0 Å². The number of hydrogen-bond acceptors (Lipinski definition) is 5. The molecular weight excluding hydrogens is 412 g/mol. The molecular formula is C18H23BrN6S. The second kappa shape index (κ2) is 9.59. The summed E-state index contributed by atoms with van der Waals surface area (Å²) in [5.41, 5.74) is 2.04. The fourth-order valence-electron chi connectivity index (χ4n) is 2.56. The smallest absolute Gasteiger partial charge is 0.243 e. The molecule has 3 rings (SSSR count). The zero-order valence-corrected chi connectivity index (χ0v) is 17.6. The van der Waals surface area contributed by atoms with Gasteiger partial charge in [-0.05, 0) is 38.1 Å². The molecule has 0 N–H and O–H groups in total. The van der Waals surface area contributed by atoms with Crippen molar-refractivity contribution in [3.05, 3.63) is 54.1 Å². The summed E-state index contributed by atoms with van der Waals surface area (Å²) in [6.07, 6.45) is 8.06. The van der Waals surface area contributed by atoms with E-state index in [-0.39, 0.29) is 17.0 Å². The van der Waals surface area contributed by atoms with E-state index >= 15 is 0 Å². The number of hydrogen-bond donors (Lipinski definition) is 0. The van der Waals surface area contributed by atoms with Crippen LogP contribution in [-0.4, -0.2) is 22.6 Å². The van der Waals surface area contributed by atoms with Crippen LogP contribution in [0.2, 0.25) is 0 Å². The van der Waals surface area contributed by atoms with Gasteiger partial charge in [0.1, 0.15) is 18.9 Å². The fourth-order valence-corrected chi connectivity index (χ4v) is 3.14. The maximum atomic E-state index is 4.26. The number of aromatic nitrogens is 3. The average Bonchev–Trinajstić information content (AvgIpc) is 3.23. The Balaban J connectivity index is 0.00000243. The number of rotatable bonds is 7. The third-order valence-electron chi connectivity index (χ3n) is 3.91. The monoisotopic (exact) mass is 434 g/mol. The molecule has 0 amide bonds. The third-order valence-corrected chi connectivity index (χ3v) is 4.71. The van der Waals surface area contributed by atoms with Crippen LogP contribution in [0.1, 0.15) is 11.8 Å². The first-order chi connectivity index (χ1) is 12.1. The van der Waals surface area contributed by atoms with Gasteiger partial charge < -0.3 is 21.9 Å². The molecule has 8 heteroatoms. The number of nitrogens with zero attached hydrogens (tertiary/aromatic N) is 6. The number of benzene rings is 1. The van der Waals surface area contributed by atoms with Crippen molar-refractivity contribution in [2.24, 2.45) is 17.3 Å². The number of imidazole rings is 1. The molecule has 1 aromatic carbocycles. The Morgan fingerprint density at radius 2 is 2.00 bits per heavy atom. The largest absolute Gasteiger partial charge is 1.00 e. The van der Waals surface area contributed by atoms with Gasteiger partial charge in [0.25, 0.3) is 0 Å². The van der Waals surface area contributed by atoms with Crippen LogP contribution in [0.5, 0.6) is 0 Å². The van der Waals surface area contributed by atoms with E-state index < -0.39 is 0 Å². The maximum Gasteiger partial charge on any atom is 0.243 e. The van der Waals surface area contributed by atoms with Crippen LogP contribution >= 0.6 is 11.3 Å². The molecule has 0 aliphatic heterocycles. The molecule has 0 saturated carbocycles. The number of halogens is 1. The van der Waals surface area contributed by atoms with Crippen LogP contribution in [0.4, 0.5) is 16.5 Å². The summed E-state index contributed by atoms with van der Waals surface area (Å²) < 4.78 is 4.25. The molecule has 26 heavy (non-hydrogen) atoms. The van der Waals surface area contributed by atoms with E-state index in [0.29, 0.717) is 5.13 Å². The number of thiazole rings is 1. The molecule has 0 aliphatic carbocycles. The van der Waals surface area contributed by atoms with Gasteiger partial charge >= 0.3 is 0 Å². The number of likely N-dealkylation sites (N-methyl/N-ethyl adjacent to an activating group) is 1. The molecule has 0 spiro atoms. The molecule has 138 valence electrons. The standard InChI is InChI=1S/C18H23N6S.BrH/c1-4-24(12-11-23-10-9-22(3)14-23)17-7-5-16(6-8-17)20-21-18-19-13-15(2)25-18;/h5-10,13-14H,4,11-12H2,1-3H3;1H/q+1;/p-1/b21-20+;. The van der Waals surface area contributed by atoms with Crippen LogP contribution in [0.3, 0.4) is 0 Å². The molecule has 2 aromatic heterocycles. The number of anilines is 1. The van der Waals surface area contributed by atoms with Crippen molar-refractivity contribution in [1.29, 1.82) is 0 Å². The Hall–Kier alpha value is -2.06. The predicted octanol–water partition coefficient (Wildman–Crippen LogP) is 1.02. The first kappa shape index (κ1) is 20.3. The second-order valence-corrected chi connectivity index (χ2v) is 7.08. The lowest BCUT2D eigenvalue weighted by Crippen LogP contribution is -3.00. The topological polar surface area (TPSA) is 49.7 Å². The molecule has 3 aromatic rings. The predicted molar refractivity (Wildman–Crippen MR) is 101 cm³/mol. The highest BCUT2D eigenvalue weighted by Gasteiger charge is 2.07. The van der Waals surface area contributed by atoms with Crippen molar-refractivity contribution >= 4 is 27.8 Å². The van der Waals surface area contributed by atoms with Crippen molar-refractivity contribution in [3.63, 3.8) is 0 Å². The normalized spacial score (nSPS) is 10.9. The van der Waals surface area contributed by atoms with Gasteiger partial charge in [0.05, 0.1) is 19.3 Å². The lowest BCUT2D eigenvalue weighted by atomic mass is 10.2. The Morgan fingerprint density at radius 3 is 2.58 bits per heavy atom. The lowest BCUT2D eigenvalue weighted by molar-refractivity contribution is -0.671. The molecule has 0 radical (unpaired) electrons. The first-order valence-corrected chi connectivity index (χ1v) is 9.16. The van der Waals surface area contributed by atoms with Gasteiger partial charge in [-0.15, -0.1) is 10.2 Å². The van der Waals surface area contributed by atoms with Crippen molar-refractivity contribution in [1.82, 2.24) is 9.55 Å². The highest BCUT2D eigenvalue weighted by molar-refractivity contribution is 7.15. The SMILES string of the molecule is CCN(CCn1cc[n+](C)c1)c1ccc(/N=N/c2ncc(C)s2)cc1.[Br-]. The maximum absolute atomic E-state index is 4.26. The van der Waals surface area contributed by atoms with Crippen LogP contribution in [0.15, 0.2) is 59.4 Å². The number of aryl methyl sites for hydroxylation is 2. The highest BCUT2D eigenvalue weighted by atomic mass is 79.9. The Bertz CT molecular complexity index is 840. The zero-order valence-electron chi connectivity index (χ0n) is 15.2. The summed E-state index contributed by atoms with van der Waals surface area (Å²) in [6.45, 7) is 7.07. The Labute approximate surface area is 168 Å². The summed E-state index contributed by atoms with van der Waals surface area (Å²) in [5, 5.41) is 9.13. The number of azo groups is 1. The van der Waals surface area contributed by atoms with Gasteiger partial charge in [-0.3, -0.25) is 0 Å². The molecule has 0 atom stereocenters. The molecule has 2 heterocycles. The van der Waals surface area contributed by atoms with E-state index in [2.05, 4.69) is 67.0 Å². The van der Waals surface area contributed by atoms with E-state index in [1.54, 1.807) is 11.3 Å². The summed E-state index contributed by atoms with van der Waals surface area (Å²) in [6, 6.07) is 8.19. The van der Waals surface area contributed by atoms with Crippen LogP contribution < -0.4 is 26.4 Å². The molecule has 0 saturated heterocycles. The fraction of sp³-hybridized carbons (Fsp3) is 0.333. The van der Waals surface area contributed by atoms with Crippen LogP contribution in [0.25, 0.3) is 0 Å². The Kier molecular flexibility index (Phi) is 7.47. The minimum Gasteiger partial charge on any atom is -1.00 e. The molecule has 0 unspecified atom stereocenters. The van der Waals surface area contributed by atoms with Crippen molar-refractivity contribution in [2.75, 3.05) is 18.0 Å². The van der Waals surface area contributed by atoms with Crippen molar-refractivity contribution in [3.8, 4) is 0 Å². The summed E-state index contributed by atoms with van der Waals surface area (Å²) in [4.78, 5) is 7.68. The van der Waals surface area contributed by atoms with Crippen molar-refractivity contribution < 1.29 is 21.5 Å². The highest BCUT2D eigenvalue weighted by Crippen LogP contribution is 2.24. The quantitative estimate of drug-likeness (QED) is 0.411. The van der Waals surface area contributed by atoms with Gasteiger partial charge in [-0.25, -0.2) is 14.1 Å². The van der Waals surface area contributed by atoms with E-state index in [1.165, 1.54) is 5.69 Å². The summed E-state index contributed by atoms with van der Waals surface area (Å²) >= 11 is 1.54. The Morgan fingerprint density at radius 1 is 1.23 bits per heavy atom. The molecule has 6 nitrogen and oxygen atoms in total. The minimum absolute atomic E-state index is 0. The van der Waals surface area contributed by atoms with Crippen LogP contribution in [0, 0.1) is 6.92 Å². The van der Waals surface area contributed by atoms with Crippen LogP contribution in [-0.2, 0) is 13.6 Å². The summed E-state index contributed by atoms with van der Waals surface area (Å²) in [7, 11) is 2.04. The average molecular weight is 435 g/mol. The molecule has 0 aliphatic rings. The van der Waals surface area contributed by atoms with E-state index in [9.17, 15) is 0 Å². The lowest BCUT2D eigenvalue weighted by Gasteiger charge is -2.22. The third kappa shape index (κ3) is 5.47. The van der Waals surface area contributed by atoms with Gasteiger partial charge in [-0.1, -0.05) is 11.3 Å². The van der Waals surface area contributed by atoms with Crippen molar-refractivity contribution in [2.45, 2.75) is 20.4 Å². The molecule has 0 fully saturated rings.